The number of nitrogens with zero attached hydrogens (tertiary/aromatic N) is 1. The predicted octanol–water partition coefficient (Wildman–Crippen LogP) is 3.21. The standard InChI is InChI=1S/C17H22ClNO3/c1-4-12-7-16-14(9-15(12)18)13(8-17(21)22-16)10-19(3)6-5-11(2)20/h7-9,11,20H,4-6,10H2,1-3H3. The van der Waals surface area contributed by atoms with Crippen LogP contribution in [0.3, 0.4) is 0 Å². The number of hydrogen-bond acceptors (Lipinski definition) is 4. The molecule has 120 valence electrons. The second-order valence-electron chi connectivity index (χ2n) is 5.76. The molecule has 0 spiro atoms. The first-order valence-electron chi connectivity index (χ1n) is 7.52. The number of hydrogen-bond donors (Lipinski definition) is 1. The number of benzene rings is 1. The minimum absolute atomic E-state index is 0.332. The van der Waals surface area contributed by atoms with E-state index in [4.69, 9.17) is 16.0 Å². The Balaban J connectivity index is 2.36. The van der Waals surface area contributed by atoms with E-state index in [1.54, 1.807) is 6.92 Å². The van der Waals surface area contributed by atoms with Crippen molar-refractivity contribution >= 4 is 22.6 Å². The Labute approximate surface area is 135 Å². The number of aryl methyl sites for hydroxylation is 1. The molecule has 0 saturated carbocycles. The summed E-state index contributed by atoms with van der Waals surface area (Å²) in [6, 6.07) is 5.23. The summed E-state index contributed by atoms with van der Waals surface area (Å²) in [7, 11) is 1.96. The molecule has 0 aliphatic heterocycles. The van der Waals surface area contributed by atoms with Gasteiger partial charge in [-0.1, -0.05) is 18.5 Å². The predicted molar refractivity (Wildman–Crippen MR) is 89.5 cm³/mol. The van der Waals surface area contributed by atoms with Crippen molar-refractivity contribution in [3.8, 4) is 0 Å². The van der Waals surface area contributed by atoms with Gasteiger partial charge < -0.3 is 14.4 Å². The van der Waals surface area contributed by atoms with Crippen LogP contribution in [0.4, 0.5) is 0 Å². The second kappa shape index (κ2) is 7.27. The quantitative estimate of drug-likeness (QED) is 0.829. The lowest BCUT2D eigenvalue weighted by Gasteiger charge is -2.18. The summed E-state index contributed by atoms with van der Waals surface area (Å²) in [5, 5.41) is 10.9. The molecule has 0 bridgehead atoms. The van der Waals surface area contributed by atoms with Gasteiger partial charge in [-0.25, -0.2) is 4.79 Å². The molecule has 0 amide bonds. The van der Waals surface area contributed by atoms with Crippen LogP contribution in [-0.2, 0) is 13.0 Å². The maximum Gasteiger partial charge on any atom is 0.336 e. The van der Waals surface area contributed by atoms with Crippen molar-refractivity contribution in [1.82, 2.24) is 4.90 Å². The number of halogens is 1. The summed E-state index contributed by atoms with van der Waals surface area (Å²) in [5.41, 5.74) is 2.09. The lowest BCUT2D eigenvalue weighted by molar-refractivity contribution is 0.163. The molecule has 2 rings (SSSR count). The molecule has 1 aromatic heterocycles. The van der Waals surface area contributed by atoms with Gasteiger partial charge >= 0.3 is 5.63 Å². The summed E-state index contributed by atoms with van der Waals surface area (Å²) < 4.78 is 5.31. The number of aliphatic hydroxyl groups is 1. The maximum atomic E-state index is 11.8. The zero-order valence-corrected chi connectivity index (χ0v) is 14.0. The molecule has 1 heterocycles. The van der Waals surface area contributed by atoms with Gasteiger partial charge in [-0.05, 0) is 50.1 Å². The number of aliphatic hydroxyl groups excluding tert-OH is 1. The first-order chi connectivity index (χ1) is 10.4. The van der Waals surface area contributed by atoms with Gasteiger partial charge in [-0.3, -0.25) is 0 Å². The Kier molecular flexibility index (Phi) is 5.62. The first-order valence-corrected chi connectivity index (χ1v) is 7.90. The van der Waals surface area contributed by atoms with Gasteiger partial charge in [0, 0.05) is 29.6 Å². The highest BCUT2D eigenvalue weighted by atomic mass is 35.5. The zero-order valence-electron chi connectivity index (χ0n) is 13.2. The van der Waals surface area contributed by atoms with Crippen molar-refractivity contribution in [1.29, 1.82) is 0 Å². The molecule has 22 heavy (non-hydrogen) atoms. The van der Waals surface area contributed by atoms with E-state index in [0.717, 1.165) is 29.5 Å². The van der Waals surface area contributed by atoms with E-state index < -0.39 is 0 Å². The lowest BCUT2D eigenvalue weighted by atomic mass is 10.1. The number of fused-ring (bicyclic) bond motifs is 1. The average Bonchev–Trinajstić information content (AvgIpc) is 2.45. The van der Waals surface area contributed by atoms with E-state index in [9.17, 15) is 9.90 Å². The summed E-state index contributed by atoms with van der Waals surface area (Å²) in [6.07, 6.45) is 1.15. The van der Waals surface area contributed by atoms with Gasteiger partial charge in [-0.2, -0.15) is 0 Å². The van der Waals surface area contributed by atoms with Crippen LogP contribution in [0.25, 0.3) is 11.0 Å². The molecule has 1 unspecified atom stereocenters. The van der Waals surface area contributed by atoms with E-state index in [0.29, 0.717) is 23.6 Å². The topological polar surface area (TPSA) is 53.7 Å². The van der Waals surface area contributed by atoms with Crippen molar-refractivity contribution in [3.63, 3.8) is 0 Å². The molecule has 2 aromatic rings. The minimum Gasteiger partial charge on any atom is -0.423 e. The molecular formula is C17H22ClNO3. The second-order valence-corrected chi connectivity index (χ2v) is 6.17. The highest BCUT2D eigenvalue weighted by Gasteiger charge is 2.11. The molecule has 4 nitrogen and oxygen atoms in total. The van der Waals surface area contributed by atoms with E-state index in [1.165, 1.54) is 6.07 Å². The molecule has 0 radical (unpaired) electrons. The van der Waals surface area contributed by atoms with Crippen LogP contribution in [0.1, 0.15) is 31.4 Å². The van der Waals surface area contributed by atoms with Crippen LogP contribution in [0.15, 0.2) is 27.4 Å². The van der Waals surface area contributed by atoms with Crippen molar-refractivity contribution in [3.05, 3.63) is 44.8 Å². The Morgan fingerprint density at radius 3 is 2.68 bits per heavy atom. The van der Waals surface area contributed by atoms with E-state index in [-0.39, 0.29) is 11.7 Å². The van der Waals surface area contributed by atoms with Crippen molar-refractivity contribution in [2.75, 3.05) is 13.6 Å². The Bertz CT molecular complexity index is 709. The maximum absolute atomic E-state index is 11.8. The molecule has 0 aliphatic rings. The largest absolute Gasteiger partial charge is 0.423 e. The SMILES string of the molecule is CCc1cc2oc(=O)cc(CN(C)CCC(C)O)c2cc1Cl. The fraction of sp³-hybridized carbons (Fsp3) is 0.471. The van der Waals surface area contributed by atoms with Crippen LogP contribution in [-0.4, -0.2) is 29.7 Å². The fourth-order valence-electron chi connectivity index (χ4n) is 2.47. The summed E-state index contributed by atoms with van der Waals surface area (Å²) in [5.74, 6) is 0. The third-order valence-corrected chi connectivity index (χ3v) is 4.10. The molecule has 1 aromatic carbocycles. The van der Waals surface area contributed by atoms with E-state index in [1.807, 2.05) is 26.1 Å². The Hall–Kier alpha value is -1.36. The van der Waals surface area contributed by atoms with Crippen molar-refractivity contribution in [2.24, 2.45) is 0 Å². The van der Waals surface area contributed by atoms with Gasteiger partial charge in [0.05, 0.1) is 6.10 Å². The Morgan fingerprint density at radius 2 is 2.05 bits per heavy atom. The number of rotatable bonds is 6. The lowest BCUT2D eigenvalue weighted by Crippen LogP contribution is -2.22. The smallest absolute Gasteiger partial charge is 0.336 e. The van der Waals surface area contributed by atoms with Gasteiger partial charge in [-0.15, -0.1) is 0 Å². The monoisotopic (exact) mass is 323 g/mol. The zero-order chi connectivity index (χ0) is 16.3. The fourth-order valence-corrected chi connectivity index (χ4v) is 2.76. The van der Waals surface area contributed by atoms with E-state index >= 15 is 0 Å². The van der Waals surface area contributed by atoms with Crippen LogP contribution in [0, 0.1) is 0 Å². The molecule has 5 heteroatoms. The highest BCUT2D eigenvalue weighted by molar-refractivity contribution is 6.32. The third-order valence-electron chi connectivity index (χ3n) is 3.75. The minimum atomic E-state index is -0.351. The van der Waals surface area contributed by atoms with Crippen LogP contribution in [0.5, 0.6) is 0 Å². The van der Waals surface area contributed by atoms with Crippen LogP contribution < -0.4 is 5.63 Å². The summed E-state index contributed by atoms with van der Waals surface area (Å²) in [6.45, 7) is 5.14. The van der Waals surface area contributed by atoms with E-state index in [2.05, 4.69) is 4.90 Å². The summed E-state index contributed by atoms with van der Waals surface area (Å²) >= 11 is 6.29. The molecule has 0 saturated heterocycles. The van der Waals surface area contributed by atoms with Gasteiger partial charge in [0.15, 0.2) is 0 Å². The molecule has 1 atom stereocenters. The average molecular weight is 324 g/mol. The van der Waals surface area contributed by atoms with Crippen molar-refractivity contribution < 1.29 is 9.52 Å². The third kappa shape index (κ3) is 4.09. The normalized spacial score (nSPS) is 13.0. The molecule has 0 fully saturated rings. The van der Waals surface area contributed by atoms with Gasteiger partial charge in [0.1, 0.15) is 5.58 Å². The van der Waals surface area contributed by atoms with Gasteiger partial charge in [0.25, 0.3) is 0 Å². The van der Waals surface area contributed by atoms with Crippen LogP contribution in [0.2, 0.25) is 5.02 Å². The molecule has 0 aliphatic carbocycles. The molecular weight excluding hydrogens is 302 g/mol. The highest BCUT2D eigenvalue weighted by Crippen LogP contribution is 2.26. The Morgan fingerprint density at radius 1 is 1.32 bits per heavy atom. The molecule has 1 N–H and O–H groups in total. The van der Waals surface area contributed by atoms with Crippen molar-refractivity contribution in [2.45, 2.75) is 39.3 Å². The van der Waals surface area contributed by atoms with Gasteiger partial charge in [0.2, 0.25) is 0 Å². The van der Waals surface area contributed by atoms with Crippen LogP contribution >= 0.6 is 11.6 Å². The first kappa shape index (κ1) is 17.0. The summed E-state index contributed by atoms with van der Waals surface area (Å²) in [4.78, 5) is 13.9.